The highest BCUT2D eigenvalue weighted by molar-refractivity contribution is 9.10. The highest BCUT2D eigenvalue weighted by Crippen LogP contribution is 2.25. The average Bonchev–Trinajstić information content (AvgIpc) is 2.98. The van der Waals surface area contributed by atoms with Crippen molar-refractivity contribution in [3.8, 4) is 22.5 Å². The summed E-state index contributed by atoms with van der Waals surface area (Å²) in [4.78, 5) is 0. The third-order valence-electron chi connectivity index (χ3n) is 3.22. The molecule has 3 aromatic rings. The van der Waals surface area contributed by atoms with Crippen molar-refractivity contribution in [3.05, 3.63) is 64.6 Å². The Bertz CT molecular complexity index is 699. The second-order valence-corrected chi connectivity index (χ2v) is 5.49. The van der Waals surface area contributed by atoms with Gasteiger partial charge in [0.15, 0.2) is 0 Å². The van der Waals surface area contributed by atoms with Crippen molar-refractivity contribution in [1.29, 1.82) is 0 Å². The van der Waals surface area contributed by atoms with Gasteiger partial charge in [-0.1, -0.05) is 52.3 Å². The van der Waals surface area contributed by atoms with Crippen LogP contribution in [0.4, 0.5) is 0 Å². The van der Waals surface area contributed by atoms with Crippen LogP contribution in [0, 0.1) is 0 Å². The number of nitrogens with zero attached hydrogens (tertiary/aromatic N) is 1. The predicted octanol–water partition coefficient (Wildman–Crippen LogP) is 3.96. The van der Waals surface area contributed by atoms with Crippen molar-refractivity contribution in [1.82, 2.24) is 10.2 Å². The Morgan fingerprint density at radius 2 is 1.60 bits per heavy atom. The highest BCUT2D eigenvalue weighted by Gasteiger charge is 2.05. The summed E-state index contributed by atoms with van der Waals surface area (Å²) in [6.45, 7) is 0.563. The Morgan fingerprint density at radius 1 is 0.950 bits per heavy atom. The molecule has 0 aliphatic carbocycles. The van der Waals surface area contributed by atoms with Gasteiger partial charge in [0.2, 0.25) is 0 Å². The first kappa shape index (κ1) is 13.1. The molecule has 0 amide bonds. The molecule has 3 rings (SSSR count). The summed E-state index contributed by atoms with van der Waals surface area (Å²) in [6, 6.07) is 18.4. The van der Waals surface area contributed by atoms with Gasteiger partial charge in [0.25, 0.3) is 0 Å². The quantitative estimate of drug-likeness (QED) is 0.764. The first-order chi connectivity index (χ1) is 9.76. The molecule has 2 aromatic carbocycles. The summed E-state index contributed by atoms with van der Waals surface area (Å²) in [7, 11) is 0. The zero-order valence-corrected chi connectivity index (χ0v) is 12.4. The van der Waals surface area contributed by atoms with E-state index in [1.54, 1.807) is 0 Å². The van der Waals surface area contributed by atoms with Gasteiger partial charge < -0.3 is 5.73 Å². The number of hydrogen-bond acceptors (Lipinski definition) is 2. The zero-order valence-electron chi connectivity index (χ0n) is 10.8. The molecule has 0 aliphatic heterocycles. The largest absolute Gasteiger partial charge is 0.326 e. The molecule has 0 bridgehead atoms. The smallest absolute Gasteiger partial charge is 0.0927 e. The average molecular weight is 328 g/mol. The Labute approximate surface area is 126 Å². The fourth-order valence-electron chi connectivity index (χ4n) is 2.06. The van der Waals surface area contributed by atoms with E-state index in [0.717, 1.165) is 32.6 Å². The summed E-state index contributed by atoms with van der Waals surface area (Å²) >= 11 is 3.44. The maximum Gasteiger partial charge on any atom is 0.0927 e. The monoisotopic (exact) mass is 327 g/mol. The fraction of sp³-hybridized carbons (Fsp3) is 0.0625. The number of halogens is 1. The number of benzene rings is 2. The topological polar surface area (TPSA) is 54.7 Å². The van der Waals surface area contributed by atoms with Gasteiger partial charge in [-0.3, -0.25) is 5.10 Å². The van der Waals surface area contributed by atoms with Crippen molar-refractivity contribution < 1.29 is 0 Å². The second-order valence-electron chi connectivity index (χ2n) is 4.57. The first-order valence-corrected chi connectivity index (χ1v) is 7.16. The van der Waals surface area contributed by atoms with Crippen molar-refractivity contribution in [2.75, 3.05) is 0 Å². The van der Waals surface area contributed by atoms with Crippen molar-refractivity contribution >= 4 is 15.9 Å². The van der Waals surface area contributed by atoms with Gasteiger partial charge in [0.1, 0.15) is 0 Å². The van der Waals surface area contributed by atoms with Crippen molar-refractivity contribution in [3.63, 3.8) is 0 Å². The Hall–Kier alpha value is -1.91. The predicted molar refractivity (Wildman–Crippen MR) is 85.1 cm³/mol. The minimum Gasteiger partial charge on any atom is -0.326 e. The molecule has 0 spiro atoms. The third kappa shape index (κ3) is 2.66. The molecular weight excluding hydrogens is 314 g/mol. The molecule has 0 saturated carbocycles. The molecule has 1 aromatic heterocycles. The van der Waals surface area contributed by atoms with Crippen LogP contribution in [0.1, 0.15) is 5.56 Å². The van der Waals surface area contributed by atoms with Gasteiger partial charge in [-0.05, 0) is 29.3 Å². The normalized spacial score (nSPS) is 10.7. The minimum absolute atomic E-state index is 0.563. The van der Waals surface area contributed by atoms with Crippen LogP contribution in [-0.4, -0.2) is 10.2 Å². The molecule has 0 atom stereocenters. The van der Waals surface area contributed by atoms with Gasteiger partial charge in [-0.2, -0.15) is 5.10 Å². The molecule has 20 heavy (non-hydrogen) atoms. The lowest BCUT2D eigenvalue weighted by atomic mass is 10.1. The number of nitrogens with two attached hydrogens (primary N) is 1. The number of hydrogen-bond donors (Lipinski definition) is 2. The van der Waals surface area contributed by atoms with E-state index in [-0.39, 0.29) is 0 Å². The van der Waals surface area contributed by atoms with E-state index in [9.17, 15) is 0 Å². The van der Waals surface area contributed by atoms with Crippen LogP contribution < -0.4 is 5.73 Å². The highest BCUT2D eigenvalue weighted by atomic mass is 79.9. The lowest BCUT2D eigenvalue weighted by Gasteiger charge is -1.99. The van der Waals surface area contributed by atoms with E-state index in [0.29, 0.717) is 6.54 Å². The lowest BCUT2D eigenvalue weighted by molar-refractivity contribution is 1.07. The molecule has 3 N–H and O–H groups in total. The van der Waals surface area contributed by atoms with E-state index in [4.69, 9.17) is 5.73 Å². The standard InChI is InChI=1S/C16H14BrN3/c17-14-7-5-13(6-8-14)16-9-15(19-20-16)12-3-1-11(10-18)2-4-12/h1-9H,10,18H2,(H,19,20). The molecule has 3 nitrogen and oxygen atoms in total. The number of nitrogens with one attached hydrogen (secondary N) is 1. The Kier molecular flexibility index (Phi) is 3.67. The zero-order chi connectivity index (χ0) is 13.9. The van der Waals surface area contributed by atoms with E-state index in [1.807, 2.05) is 36.4 Å². The van der Waals surface area contributed by atoms with E-state index < -0.39 is 0 Å². The SMILES string of the molecule is NCc1ccc(-c2cc(-c3ccc(Br)cc3)n[nH]2)cc1. The van der Waals surface area contributed by atoms with Gasteiger partial charge in [0.05, 0.1) is 11.4 Å². The van der Waals surface area contributed by atoms with Gasteiger partial charge in [-0.25, -0.2) is 0 Å². The van der Waals surface area contributed by atoms with Crippen LogP contribution in [0.5, 0.6) is 0 Å². The van der Waals surface area contributed by atoms with Crippen LogP contribution in [-0.2, 0) is 6.54 Å². The van der Waals surface area contributed by atoms with Gasteiger partial charge >= 0.3 is 0 Å². The summed E-state index contributed by atoms with van der Waals surface area (Å²) in [5.41, 5.74) is 10.9. The fourth-order valence-corrected chi connectivity index (χ4v) is 2.32. The van der Waals surface area contributed by atoms with Crippen LogP contribution in [0.2, 0.25) is 0 Å². The van der Waals surface area contributed by atoms with Crippen molar-refractivity contribution in [2.45, 2.75) is 6.54 Å². The maximum atomic E-state index is 5.61. The molecule has 0 aliphatic rings. The molecule has 0 radical (unpaired) electrons. The molecular formula is C16H14BrN3. The second kappa shape index (κ2) is 5.61. The summed E-state index contributed by atoms with van der Waals surface area (Å²) in [5.74, 6) is 0. The minimum atomic E-state index is 0.563. The summed E-state index contributed by atoms with van der Waals surface area (Å²) < 4.78 is 1.06. The Balaban J connectivity index is 1.91. The molecule has 0 saturated heterocycles. The van der Waals surface area contributed by atoms with E-state index in [1.165, 1.54) is 0 Å². The van der Waals surface area contributed by atoms with Crippen LogP contribution in [0.15, 0.2) is 59.1 Å². The maximum absolute atomic E-state index is 5.61. The molecule has 0 unspecified atom stereocenters. The van der Waals surface area contributed by atoms with E-state index in [2.05, 4.69) is 44.3 Å². The lowest BCUT2D eigenvalue weighted by Crippen LogP contribution is -1.95. The number of aromatic nitrogens is 2. The van der Waals surface area contributed by atoms with Gasteiger partial charge in [-0.15, -0.1) is 0 Å². The summed E-state index contributed by atoms with van der Waals surface area (Å²) in [5, 5.41) is 7.45. The first-order valence-electron chi connectivity index (χ1n) is 6.37. The molecule has 100 valence electrons. The Morgan fingerprint density at radius 3 is 2.25 bits per heavy atom. The van der Waals surface area contributed by atoms with Crippen LogP contribution in [0.3, 0.4) is 0 Å². The number of aromatic amines is 1. The molecule has 4 heteroatoms. The summed E-state index contributed by atoms with van der Waals surface area (Å²) in [6.07, 6.45) is 0. The molecule has 1 heterocycles. The number of H-pyrrole nitrogens is 1. The number of rotatable bonds is 3. The third-order valence-corrected chi connectivity index (χ3v) is 3.75. The van der Waals surface area contributed by atoms with Gasteiger partial charge in [0, 0.05) is 16.6 Å². The van der Waals surface area contributed by atoms with E-state index >= 15 is 0 Å². The molecule has 0 fully saturated rings. The van der Waals surface area contributed by atoms with Crippen LogP contribution in [0.25, 0.3) is 22.5 Å². The van der Waals surface area contributed by atoms with Crippen molar-refractivity contribution in [2.24, 2.45) is 5.73 Å². The van der Waals surface area contributed by atoms with Crippen LogP contribution >= 0.6 is 15.9 Å².